The lowest BCUT2D eigenvalue weighted by Crippen LogP contribution is -2.47. The van der Waals surface area contributed by atoms with E-state index in [1.54, 1.807) is 4.99 Å². The monoisotopic (exact) mass is 304 g/mol. The van der Waals surface area contributed by atoms with Crippen molar-refractivity contribution in [2.24, 2.45) is 9.98 Å². The quantitative estimate of drug-likeness (QED) is 0.485. The van der Waals surface area contributed by atoms with Crippen LogP contribution < -0.4 is 0 Å². The summed E-state index contributed by atoms with van der Waals surface area (Å²) in [5.41, 5.74) is 0. The molecule has 1 unspecified atom stereocenters. The summed E-state index contributed by atoms with van der Waals surface area (Å²) in [4.78, 5) is 3.21. The summed E-state index contributed by atoms with van der Waals surface area (Å²) in [6.07, 6.45) is -17.8. The van der Waals surface area contributed by atoms with E-state index in [1.165, 1.54) is 10.3 Å². The third-order valence-corrected chi connectivity index (χ3v) is 1.59. The maximum absolute atomic E-state index is 13.1. The first-order chi connectivity index (χ1) is 8.17. The van der Waals surface area contributed by atoms with Crippen molar-refractivity contribution < 1.29 is 43.9 Å². The lowest BCUT2D eigenvalue weighted by molar-refractivity contribution is -0.213. The Morgan fingerprint density at radius 3 is 1.63 bits per heavy atom. The SMILES string of the molecule is FC(F)(F)C1=NC(F)(C(F)(F)F)[N-]C(C(F)(F)F)=N1. The van der Waals surface area contributed by atoms with Crippen LogP contribution in [0.4, 0.5) is 43.9 Å². The van der Waals surface area contributed by atoms with Gasteiger partial charge in [0, 0.05) is 5.84 Å². The largest absolute Gasteiger partial charge is 0.444 e. The summed E-state index contributed by atoms with van der Waals surface area (Å²) >= 11 is 0. The fourth-order valence-corrected chi connectivity index (χ4v) is 0.836. The van der Waals surface area contributed by atoms with Gasteiger partial charge in [0.2, 0.25) is 0 Å². The van der Waals surface area contributed by atoms with Crippen molar-refractivity contribution in [2.45, 2.75) is 24.4 Å². The van der Waals surface area contributed by atoms with Gasteiger partial charge in [0.05, 0.1) is 0 Å². The van der Waals surface area contributed by atoms with E-state index in [0.29, 0.717) is 0 Å². The van der Waals surface area contributed by atoms with Gasteiger partial charge < -0.3 is 10.3 Å². The molecule has 1 atom stereocenters. The molecule has 0 fully saturated rings. The van der Waals surface area contributed by atoms with E-state index >= 15 is 0 Å². The topological polar surface area (TPSA) is 38.8 Å². The number of hydrogen-bond acceptors (Lipinski definition) is 2. The Labute approximate surface area is 96.6 Å². The second-order valence-electron chi connectivity index (χ2n) is 3.06. The second kappa shape index (κ2) is 3.96. The molecule has 1 rings (SSSR count). The molecule has 1 aliphatic rings. The van der Waals surface area contributed by atoms with E-state index in [0.717, 1.165) is 0 Å². The number of rotatable bonds is 0. The van der Waals surface area contributed by atoms with E-state index in [-0.39, 0.29) is 0 Å². The third-order valence-electron chi connectivity index (χ3n) is 1.59. The summed E-state index contributed by atoms with van der Waals surface area (Å²) < 4.78 is 122. The summed E-state index contributed by atoms with van der Waals surface area (Å²) in [7, 11) is 0. The number of aliphatic imine (C=N–C) groups is 2. The van der Waals surface area contributed by atoms with Crippen molar-refractivity contribution in [3.63, 3.8) is 0 Å². The predicted octanol–water partition coefficient (Wildman–Crippen LogP) is 3.48. The number of nitrogens with zero attached hydrogens (tertiary/aromatic N) is 3. The fourth-order valence-electron chi connectivity index (χ4n) is 0.836. The van der Waals surface area contributed by atoms with Gasteiger partial charge in [-0.3, -0.25) is 0 Å². The zero-order chi connectivity index (χ0) is 15.3. The summed E-state index contributed by atoms with van der Waals surface area (Å²) in [6.45, 7) is 0. The molecule has 13 heteroatoms. The number of halogens is 10. The molecule has 0 bridgehead atoms. The average molecular weight is 304 g/mol. The van der Waals surface area contributed by atoms with Crippen LogP contribution in [0.5, 0.6) is 0 Å². The van der Waals surface area contributed by atoms with E-state index in [1.807, 2.05) is 0 Å². The van der Waals surface area contributed by atoms with Crippen LogP contribution in [-0.2, 0) is 0 Å². The molecule has 0 aromatic rings. The first-order valence-corrected chi connectivity index (χ1v) is 3.98. The number of hydrogen-bond donors (Lipinski definition) is 0. The minimum absolute atomic E-state index is 1.47. The molecule has 0 radical (unpaired) electrons. The molecule has 1 aliphatic heterocycles. The third kappa shape index (κ3) is 3.07. The minimum Gasteiger partial charge on any atom is -0.412 e. The maximum Gasteiger partial charge on any atom is 0.444 e. The lowest BCUT2D eigenvalue weighted by Gasteiger charge is -2.37. The second-order valence-corrected chi connectivity index (χ2v) is 3.06. The fraction of sp³-hybridized carbons (Fsp3) is 0.667. The van der Waals surface area contributed by atoms with E-state index in [4.69, 9.17) is 0 Å². The van der Waals surface area contributed by atoms with E-state index in [2.05, 4.69) is 0 Å². The van der Waals surface area contributed by atoms with E-state index in [9.17, 15) is 43.9 Å². The Morgan fingerprint density at radius 2 is 1.32 bits per heavy atom. The zero-order valence-corrected chi connectivity index (χ0v) is 8.12. The van der Waals surface area contributed by atoms with Crippen LogP contribution in [0.1, 0.15) is 0 Å². The van der Waals surface area contributed by atoms with Gasteiger partial charge in [-0.2, -0.15) is 39.5 Å². The highest BCUT2D eigenvalue weighted by molar-refractivity contribution is 6.10. The average Bonchev–Trinajstić information content (AvgIpc) is 2.12. The van der Waals surface area contributed by atoms with Crippen molar-refractivity contribution in [3.8, 4) is 0 Å². The molecule has 0 saturated heterocycles. The first-order valence-electron chi connectivity index (χ1n) is 3.98. The summed E-state index contributed by atoms with van der Waals surface area (Å²) in [5, 5.41) is 1.47. The molecule has 1 heterocycles. The molecule has 0 aliphatic carbocycles. The molecule has 19 heavy (non-hydrogen) atoms. The molecule has 0 saturated carbocycles. The van der Waals surface area contributed by atoms with Gasteiger partial charge in [0.25, 0.3) is 0 Å². The van der Waals surface area contributed by atoms with Gasteiger partial charge in [-0.15, -0.1) is 0 Å². The Balaban J connectivity index is 3.39. The first kappa shape index (κ1) is 15.5. The highest BCUT2D eigenvalue weighted by atomic mass is 19.4. The lowest BCUT2D eigenvalue weighted by atomic mass is 10.3. The molecule has 0 amide bonds. The normalized spacial score (nSPS) is 25.6. The standard InChI is InChI=1S/C6F10N3/c7-3(8,9)1-17-2(4(10,11)12)19-6(16,18-1)5(13,14)15/q-1. The number of alkyl halides is 10. The summed E-state index contributed by atoms with van der Waals surface area (Å²) in [6, 6.07) is 0. The molecule has 0 N–H and O–H groups in total. The zero-order valence-electron chi connectivity index (χ0n) is 8.12. The highest BCUT2D eigenvalue weighted by Crippen LogP contribution is 2.45. The molecule has 0 aromatic carbocycles. The Morgan fingerprint density at radius 1 is 0.842 bits per heavy atom. The Bertz CT molecular complexity index is 426. The van der Waals surface area contributed by atoms with Crippen LogP contribution >= 0.6 is 0 Å². The van der Waals surface area contributed by atoms with Gasteiger partial charge in [-0.05, 0) is 0 Å². The Hall–Kier alpha value is -1.56. The van der Waals surface area contributed by atoms with Crippen LogP contribution in [-0.4, -0.2) is 36.1 Å². The Kier molecular flexibility index (Phi) is 3.23. The maximum atomic E-state index is 13.1. The molecular formula is C6F10N3-. The molecular weight excluding hydrogens is 304 g/mol. The molecule has 110 valence electrons. The van der Waals surface area contributed by atoms with Crippen LogP contribution in [0, 0.1) is 0 Å². The van der Waals surface area contributed by atoms with Crippen molar-refractivity contribution in [1.82, 2.24) is 0 Å². The van der Waals surface area contributed by atoms with Gasteiger partial charge >= 0.3 is 24.4 Å². The summed E-state index contributed by atoms with van der Waals surface area (Å²) in [5.74, 6) is -11.2. The van der Waals surface area contributed by atoms with Crippen LogP contribution in [0.15, 0.2) is 9.98 Å². The molecule has 0 aromatic heterocycles. The van der Waals surface area contributed by atoms with E-state index < -0.39 is 36.1 Å². The number of amidine groups is 2. The smallest absolute Gasteiger partial charge is 0.412 e. The molecule has 0 spiro atoms. The van der Waals surface area contributed by atoms with Gasteiger partial charge in [-0.25, -0.2) is 9.38 Å². The minimum atomic E-state index is -6.20. The van der Waals surface area contributed by atoms with Crippen molar-refractivity contribution in [1.29, 1.82) is 0 Å². The molecule has 3 nitrogen and oxygen atoms in total. The van der Waals surface area contributed by atoms with Gasteiger partial charge in [-0.1, -0.05) is 0 Å². The van der Waals surface area contributed by atoms with Gasteiger partial charge in [0.1, 0.15) is 5.84 Å². The van der Waals surface area contributed by atoms with Crippen LogP contribution in [0.3, 0.4) is 0 Å². The van der Waals surface area contributed by atoms with Gasteiger partial charge in [0.15, 0.2) is 0 Å². The van der Waals surface area contributed by atoms with Crippen LogP contribution in [0.2, 0.25) is 0 Å². The van der Waals surface area contributed by atoms with Crippen molar-refractivity contribution >= 4 is 11.7 Å². The predicted molar refractivity (Wildman–Crippen MR) is 40.2 cm³/mol. The highest BCUT2D eigenvalue weighted by Gasteiger charge is 2.57. The van der Waals surface area contributed by atoms with Crippen molar-refractivity contribution in [2.75, 3.05) is 0 Å². The van der Waals surface area contributed by atoms with Crippen molar-refractivity contribution in [3.05, 3.63) is 5.32 Å². The van der Waals surface area contributed by atoms with Crippen LogP contribution in [0.25, 0.3) is 5.32 Å².